The number of amides is 1. The van der Waals surface area contributed by atoms with Crippen LogP contribution < -0.4 is 19.9 Å². The number of carbonyl (C=O) groups is 1. The fraction of sp³-hybridized carbons (Fsp3) is 0.409. The highest BCUT2D eigenvalue weighted by molar-refractivity contribution is 7.89. The Morgan fingerprint density at radius 3 is 2.44 bits per heavy atom. The van der Waals surface area contributed by atoms with Crippen LogP contribution in [0.4, 0.5) is 0 Å². The van der Waals surface area contributed by atoms with E-state index in [4.69, 9.17) is 19.3 Å². The Labute approximate surface area is 188 Å². The lowest BCUT2D eigenvalue weighted by Crippen LogP contribution is -2.43. The minimum absolute atomic E-state index is 0.0434. The second-order valence-corrected chi connectivity index (χ2v) is 8.94. The number of carbonyl (C=O) groups excluding carboxylic acids is 1. The van der Waals surface area contributed by atoms with E-state index < -0.39 is 10.0 Å². The van der Waals surface area contributed by atoms with Crippen LogP contribution >= 0.6 is 0 Å². The number of methoxy groups -OCH3 is 1. The molecule has 1 saturated heterocycles. The number of ether oxygens (including phenoxy) is 3. The number of nitrogens with two attached hydrogens (primary N) is 1. The third-order valence-electron chi connectivity index (χ3n) is 5.11. The molecule has 1 aliphatic rings. The van der Waals surface area contributed by atoms with Crippen LogP contribution in [-0.4, -0.2) is 65.8 Å². The zero-order valence-corrected chi connectivity index (χ0v) is 18.9. The van der Waals surface area contributed by atoms with E-state index in [1.165, 1.54) is 12.1 Å². The van der Waals surface area contributed by atoms with Gasteiger partial charge in [0, 0.05) is 19.6 Å². The van der Waals surface area contributed by atoms with Gasteiger partial charge in [-0.15, -0.1) is 0 Å². The zero-order chi connectivity index (χ0) is 23.0. The summed E-state index contributed by atoms with van der Waals surface area (Å²) in [5.41, 5.74) is 2.02. The SMILES string of the molecule is COc1cc(CNCCc2ccc(S(N)(=O)=O)cc2)ccc1OCC(=O)N1CCOCC1. The van der Waals surface area contributed by atoms with Gasteiger partial charge >= 0.3 is 0 Å². The number of nitrogens with zero attached hydrogens (tertiary/aromatic N) is 1. The van der Waals surface area contributed by atoms with Crippen molar-refractivity contribution in [1.82, 2.24) is 10.2 Å². The maximum Gasteiger partial charge on any atom is 0.260 e. The van der Waals surface area contributed by atoms with Crippen molar-refractivity contribution in [1.29, 1.82) is 0 Å². The highest BCUT2D eigenvalue weighted by atomic mass is 32.2. The topological polar surface area (TPSA) is 120 Å². The number of rotatable bonds is 10. The highest BCUT2D eigenvalue weighted by Crippen LogP contribution is 2.28. The summed E-state index contributed by atoms with van der Waals surface area (Å²) in [5, 5.41) is 8.46. The molecule has 0 spiro atoms. The van der Waals surface area contributed by atoms with Crippen molar-refractivity contribution in [3.63, 3.8) is 0 Å². The van der Waals surface area contributed by atoms with Gasteiger partial charge < -0.3 is 24.4 Å². The van der Waals surface area contributed by atoms with Gasteiger partial charge in [-0.05, 0) is 48.4 Å². The molecule has 1 fully saturated rings. The minimum atomic E-state index is -3.67. The Morgan fingerprint density at radius 1 is 1.09 bits per heavy atom. The lowest BCUT2D eigenvalue weighted by Gasteiger charge is -2.26. The number of hydrogen-bond acceptors (Lipinski definition) is 7. The largest absolute Gasteiger partial charge is 0.493 e. The van der Waals surface area contributed by atoms with E-state index >= 15 is 0 Å². The van der Waals surface area contributed by atoms with E-state index in [1.54, 1.807) is 30.2 Å². The molecule has 0 aromatic heterocycles. The first kappa shape index (κ1) is 24.0. The standard InChI is InChI=1S/C22H29N3O6S/c1-29-21-14-18(4-7-20(21)31-16-22(26)25-10-12-30-13-11-25)15-24-9-8-17-2-5-19(6-3-17)32(23,27)28/h2-7,14,24H,8-13,15-16H2,1H3,(H2,23,27,28). The normalized spacial score (nSPS) is 14.2. The van der Waals surface area contributed by atoms with Gasteiger partial charge in [0.05, 0.1) is 25.2 Å². The van der Waals surface area contributed by atoms with E-state index in [0.29, 0.717) is 50.9 Å². The van der Waals surface area contributed by atoms with E-state index in [9.17, 15) is 13.2 Å². The van der Waals surface area contributed by atoms with E-state index in [2.05, 4.69) is 5.32 Å². The molecule has 0 aliphatic carbocycles. The first-order chi connectivity index (χ1) is 15.4. The van der Waals surface area contributed by atoms with E-state index in [0.717, 1.165) is 17.5 Å². The minimum Gasteiger partial charge on any atom is -0.493 e. The maximum absolute atomic E-state index is 12.3. The fourth-order valence-electron chi connectivity index (χ4n) is 3.30. The monoisotopic (exact) mass is 463 g/mol. The van der Waals surface area contributed by atoms with Crippen molar-refractivity contribution in [2.24, 2.45) is 5.14 Å². The van der Waals surface area contributed by atoms with Gasteiger partial charge in [-0.2, -0.15) is 0 Å². The van der Waals surface area contributed by atoms with Crippen molar-refractivity contribution in [2.45, 2.75) is 17.9 Å². The number of benzene rings is 2. The van der Waals surface area contributed by atoms with Crippen LogP contribution in [-0.2, 0) is 32.5 Å². The lowest BCUT2D eigenvalue weighted by molar-refractivity contribution is -0.137. The molecule has 10 heteroatoms. The predicted molar refractivity (Wildman–Crippen MR) is 119 cm³/mol. The molecule has 3 rings (SSSR count). The quantitative estimate of drug-likeness (QED) is 0.503. The first-order valence-electron chi connectivity index (χ1n) is 10.3. The van der Waals surface area contributed by atoms with Gasteiger partial charge in [-0.3, -0.25) is 4.79 Å². The summed E-state index contributed by atoms with van der Waals surface area (Å²) in [6.07, 6.45) is 0.743. The molecule has 0 saturated carbocycles. The Kier molecular flexibility index (Phi) is 8.46. The Hall–Kier alpha value is -2.66. The number of nitrogens with one attached hydrogen (secondary N) is 1. The lowest BCUT2D eigenvalue weighted by atomic mass is 10.1. The number of sulfonamides is 1. The molecule has 32 heavy (non-hydrogen) atoms. The Balaban J connectivity index is 1.46. The van der Waals surface area contributed by atoms with Gasteiger partial charge in [0.15, 0.2) is 18.1 Å². The van der Waals surface area contributed by atoms with Crippen molar-refractivity contribution in [3.05, 3.63) is 53.6 Å². The molecule has 0 atom stereocenters. The predicted octanol–water partition coefficient (Wildman–Crippen LogP) is 0.913. The molecule has 9 nitrogen and oxygen atoms in total. The summed E-state index contributed by atoms with van der Waals surface area (Å²) in [6.45, 7) is 3.57. The van der Waals surface area contributed by atoms with Gasteiger partial charge in [0.25, 0.3) is 5.91 Å². The summed E-state index contributed by atoms with van der Waals surface area (Å²) >= 11 is 0. The summed E-state index contributed by atoms with van der Waals surface area (Å²) in [6, 6.07) is 12.1. The maximum atomic E-state index is 12.3. The molecule has 174 valence electrons. The number of morpholine rings is 1. The summed E-state index contributed by atoms with van der Waals surface area (Å²) in [7, 11) is -2.11. The van der Waals surface area contributed by atoms with Crippen LogP contribution in [0.15, 0.2) is 47.4 Å². The molecular formula is C22H29N3O6S. The van der Waals surface area contributed by atoms with Crippen LogP contribution in [0.3, 0.4) is 0 Å². The molecule has 0 unspecified atom stereocenters. The van der Waals surface area contributed by atoms with Crippen molar-refractivity contribution in [2.75, 3.05) is 46.6 Å². The van der Waals surface area contributed by atoms with Gasteiger partial charge in [-0.25, -0.2) is 13.6 Å². The second-order valence-electron chi connectivity index (χ2n) is 7.38. The van der Waals surface area contributed by atoms with Crippen molar-refractivity contribution >= 4 is 15.9 Å². The fourth-order valence-corrected chi connectivity index (χ4v) is 3.81. The van der Waals surface area contributed by atoms with Crippen LogP contribution in [0.5, 0.6) is 11.5 Å². The Morgan fingerprint density at radius 2 is 1.78 bits per heavy atom. The van der Waals surface area contributed by atoms with Crippen LogP contribution in [0.1, 0.15) is 11.1 Å². The summed E-state index contributed by atoms with van der Waals surface area (Å²) < 4.78 is 39.0. The van der Waals surface area contributed by atoms with E-state index in [1.807, 2.05) is 12.1 Å². The second kappa shape index (κ2) is 11.3. The molecule has 2 aromatic carbocycles. The summed E-state index contributed by atoms with van der Waals surface area (Å²) in [4.78, 5) is 14.1. The van der Waals surface area contributed by atoms with Gasteiger partial charge in [0.1, 0.15) is 0 Å². The molecule has 1 aliphatic heterocycles. The first-order valence-corrected chi connectivity index (χ1v) is 11.9. The highest BCUT2D eigenvalue weighted by Gasteiger charge is 2.18. The number of primary sulfonamides is 1. The molecule has 1 heterocycles. The third kappa shape index (κ3) is 6.92. The average Bonchev–Trinajstić information content (AvgIpc) is 2.81. The molecule has 3 N–H and O–H groups in total. The van der Waals surface area contributed by atoms with Gasteiger partial charge in [0.2, 0.25) is 10.0 Å². The molecular weight excluding hydrogens is 434 g/mol. The number of hydrogen-bond donors (Lipinski definition) is 2. The molecule has 1 amide bonds. The van der Waals surface area contributed by atoms with Crippen molar-refractivity contribution < 1.29 is 27.4 Å². The smallest absolute Gasteiger partial charge is 0.260 e. The van der Waals surface area contributed by atoms with Crippen LogP contribution in [0, 0.1) is 0 Å². The molecule has 0 radical (unpaired) electrons. The average molecular weight is 464 g/mol. The third-order valence-corrected chi connectivity index (χ3v) is 6.04. The molecule has 2 aromatic rings. The zero-order valence-electron chi connectivity index (χ0n) is 18.1. The summed E-state index contributed by atoms with van der Waals surface area (Å²) in [5.74, 6) is 1.02. The van der Waals surface area contributed by atoms with Crippen LogP contribution in [0.25, 0.3) is 0 Å². The Bertz CT molecular complexity index is 1000. The molecule has 0 bridgehead atoms. The van der Waals surface area contributed by atoms with Gasteiger partial charge in [-0.1, -0.05) is 18.2 Å². The van der Waals surface area contributed by atoms with Crippen LogP contribution in [0.2, 0.25) is 0 Å². The van der Waals surface area contributed by atoms with E-state index in [-0.39, 0.29) is 17.4 Å². The van der Waals surface area contributed by atoms with Crippen molar-refractivity contribution in [3.8, 4) is 11.5 Å².